The van der Waals surface area contributed by atoms with Crippen molar-refractivity contribution in [1.82, 2.24) is 10.2 Å². The summed E-state index contributed by atoms with van der Waals surface area (Å²) in [6.07, 6.45) is 6.52. The minimum absolute atomic E-state index is 0.0693. The number of amides is 2. The van der Waals surface area contributed by atoms with Gasteiger partial charge in [0.1, 0.15) is 18.3 Å². The Kier molecular flexibility index (Phi) is 10.8. The Morgan fingerprint density at radius 3 is 2.34 bits per heavy atom. The fraction of sp³-hybridized carbons (Fsp3) is 0.500. The Morgan fingerprint density at radius 2 is 1.71 bits per heavy atom. The van der Waals surface area contributed by atoms with E-state index in [0.717, 1.165) is 42.7 Å². The Morgan fingerprint density at radius 1 is 1.05 bits per heavy atom. The molecule has 2 amide bonds. The lowest BCUT2D eigenvalue weighted by molar-refractivity contribution is -0.140. The lowest BCUT2D eigenvalue weighted by atomic mass is 9.95. The van der Waals surface area contributed by atoms with Crippen LogP contribution in [0.5, 0.6) is 5.75 Å². The number of sulfonamides is 1. The van der Waals surface area contributed by atoms with E-state index in [1.165, 1.54) is 4.90 Å². The highest BCUT2D eigenvalue weighted by Gasteiger charge is 2.33. The maximum atomic E-state index is 13.9. The maximum Gasteiger partial charge on any atom is 0.244 e. The number of rotatable bonds is 12. The molecule has 0 saturated heterocycles. The van der Waals surface area contributed by atoms with Crippen LogP contribution in [0.3, 0.4) is 0 Å². The van der Waals surface area contributed by atoms with Crippen LogP contribution in [-0.4, -0.2) is 56.6 Å². The first-order valence-electron chi connectivity index (χ1n) is 13.2. The molecular weight excluding hydrogens is 526 g/mol. The number of nitrogens with zero attached hydrogens (tertiary/aromatic N) is 2. The molecule has 0 heterocycles. The number of hydrogen-bond donors (Lipinski definition) is 1. The third kappa shape index (κ3) is 7.86. The predicted molar refractivity (Wildman–Crippen MR) is 151 cm³/mol. The van der Waals surface area contributed by atoms with E-state index in [1.807, 2.05) is 13.0 Å². The molecule has 0 unspecified atom stereocenters. The second-order valence-corrected chi connectivity index (χ2v) is 11.9. The topological polar surface area (TPSA) is 96.0 Å². The van der Waals surface area contributed by atoms with Gasteiger partial charge >= 0.3 is 0 Å². The molecule has 0 radical (unpaired) electrons. The van der Waals surface area contributed by atoms with Crippen molar-refractivity contribution in [2.45, 2.75) is 71.0 Å². The summed E-state index contributed by atoms with van der Waals surface area (Å²) >= 11 is 6.42. The molecule has 38 heavy (non-hydrogen) atoms. The third-order valence-corrected chi connectivity index (χ3v) is 8.24. The zero-order valence-corrected chi connectivity index (χ0v) is 23.9. The molecule has 3 rings (SSSR count). The Balaban J connectivity index is 1.95. The number of hydrogen-bond acceptors (Lipinski definition) is 5. The van der Waals surface area contributed by atoms with E-state index in [0.29, 0.717) is 29.4 Å². The Labute approximate surface area is 231 Å². The quantitative estimate of drug-likeness (QED) is 0.401. The van der Waals surface area contributed by atoms with Crippen LogP contribution in [-0.2, 0) is 26.2 Å². The molecule has 1 aliphatic rings. The highest BCUT2D eigenvalue weighted by molar-refractivity contribution is 7.92. The largest absolute Gasteiger partial charge is 0.492 e. The predicted octanol–water partition coefficient (Wildman–Crippen LogP) is 4.76. The molecule has 10 heteroatoms. The van der Waals surface area contributed by atoms with E-state index in [4.69, 9.17) is 16.3 Å². The van der Waals surface area contributed by atoms with Gasteiger partial charge in [-0.1, -0.05) is 68.1 Å². The van der Waals surface area contributed by atoms with Gasteiger partial charge in [0.05, 0.1) is 18.6 Å². The minimum Gasteiger partial charge on any atom is -0.492 e. The summed E-state index contributed by atoms with van der Waals surface area (Å²) in [5.74, 6) is -0.388. The van der Waals surface area contributed by atoms with Crippen LogP contribution in [0.2, 0.25) is 5.02 Å². The first kappa shape index (κ1) is 29.8. The number of halogens is 1. The third-order valence-electron chi connectivity index (χ3n) is 6.75. The molecule has 1 fully saturated rings. The zero-order chi connectivity index (χ0) is 27.7. The van der Waals surface area contributed by atoms with Gasteiger partial charge in [-0.2, -0.15) is 0 Å². The minimum atomic E-state index is -3.86. The molecule has 1 atom stereocenters. The number of ether oxygens (including phenoxy) is 1. The number of carbonyl (C=O) groups excluding carboxylic acids is 2. The first-order valence-corrected chi connectivity index (χ1v) is 15.4. The number of para-hydroxylation sites is 2. The summed E-state index contributed by atoms with van der Waals surface area (Å²) in [6.45, 7) is 3.56. The van der Waals surface area contributed by atoms with Crippen molar-refractivity contribution in [3.63, 3.8) is 0 Å². The first-order chi connectivity index (χ1) is 18.2. The van der Waals surface area contributed by atoms with Crippen molar-refractivity contribution >= 4 is 39.1 Å². The van der Waals surface area contributed by atoms with Crippen molar-refractivity contribution in [2.75, 3.05) is 23.7 Å². The van der Waals surface area contributed by atoms with Gasteiger partial charge in [-0.15, -0.1) is 0 Å². The molecule has 1 N–H and O–H groups in total. The van der Waals surface area contributed by atoms with Gasteiger partial charge in [0, 0.05) is 17.6 Å². The Bertz CT molecular complexity index is 1200. The van der Waals surface area contributed by atoms with Crippen LogP contribution in [0.1, 0.15) is 57.9 Å². The van der Waals surface area contributed by atoms with Crippen molar-refractivity contribution in [3.05, 3.63) is 59.1 Å². The second-order valence-electron chi connectivity index (χ2n) is 9.55. The fourth-order valence-corrected chi connectivity index (χ4v) is 5.86. The van der Waals surface area contributed by atoms with Crippen molar-refractivity contribution in [3.8, 4) is 5.75 Å². The van der Waals surface area contributed by atoms with Gasteiger partial charge < -0.3 is 15.0 Å². The van der Waals surface area contributed by atoms with Crippen LogP contribution in [0.25, 0.3) is 0 Å². The van der Waals surface area contributed by atoms with Gasteiger partial charge in [-0.3, -0.25) is 13.9 Å². The molecular formula is C28H38ClN3O5S. The lowest BCUT2D eigenvalue weighted by Crippen LogP contribution is -2.54. The van der Waals surface area contributed by atoms with Gasteiger partial charge in [0.25, 0.3) is 0 Å². The summed E-state index contributed by atoms with van der Waals surface area (Å²) in [6, 6.07) is 13.1. The molecule has 1 aliphatic carbocycles. The van der Waals surface area contributed by atoms with Crippen molar-refractivity contribution < 1.29 is 22.7 Å². The smallest absolute Gasteiger partial charge is 0.244 e. The lowest BCUT2D eigenvalue weighted by Gasteiger charge is -2.34. The molecule has 0 aromatic heterocycles. The van der Waals surface area contributed by atoms with E-state index in [-0.39, 0.29) is 24.2 Å². The highest BCUT2D eigenvalue weighted by atomic mass is 35.5. The second kappa shape index (κ2) is 13.8. The zero-order valence-electron chi connectivity index (χ0n) is 22.4. The SMILES string of the molecule is CCOc1ccccc1N(CC(=O)N(Cc1ccccc1Cl)[C@H](CC)C(=O)NC1CCCCC1)S(C)(=O)=O. The van der Waals surface area contributed by atoms with Crippen LogP contribution >= 0.6 is 11.6 Å². The highest BCUT2D eigenvalue weighted by Crippen LogP contribution is 2.30. The normalized spacial score (nSPS) is 14.9. The molecule has 1 saturated carbocycles. The number of nitrogens with one attached hydrogen (secondary N) is 1. The number of benzene rings is 2. The summed E-state index contributed by atoms with van der Waals surface area (Å²) in [5, 5.41) is 3.60. The van der Waals surface area contributed by atoms with E-state index in [2.05, 4.69) is 5.32 Å². The molecule has 2 aromatic carbocycles. The van der Waals surface area contributed by atoms with Crippen LogP contribution in [0.15, 0.2) is 48.5 Å². The van der Waals surface area contributed by atoms with Crippen LogP contribution in [0, 0.1) is 0 Å². The molecule has 2 aromatic rings. The van der Waals surface area contributed by atoms with Crippen LogP contribution in [0.4, 0.5) is 5.69 Å². The van der Waals surface area contributed by atoms with Gasteiger partial charge in [0.15, 0.2) is 0 Å². The molecule has 8 nitrogen and oxygen atoms in total. The summed E-state index contributed by atoms with van der Waals surface area (Å²) < 4.78 is 32.5. The standard InChI is InChI=1S/C28H38ClN3O5S/c1-4-24(28(34)30-22-14-7-6-8-15-22)31(19-21-13-9-10-16-23(21)29)27(33)20-32(38(3,35)36)25-17-11-12-18-26(25)37-5-2/h9-13,16-18,22,24H,4-8,14-15,19-20H2,1-3H3,(H,30,34)/t24-/m1/s1. The average Bonchev–Trinajstić information content (AvgIpc) is 2.88. The van der Waals surface area contributed by atoms with E-state index >= 15 is 0 Å². The van der Waals surface area contributed by atoms with Gasteiger partial charge in [-0.25, -0.2) is 8.42 Å². The van der Waals surface area contributed by atoms with Crippen molar-refractivity contribution in [1.29, 1.82) is 0 Å². The molecule has 0 spiro atoms. The van der Waals surface area contributed by atoms with E-state index in [1.54, 1.807) is 49.4 Å². The molecule has 0 aliphatic heterocycles. The van der Waals surface area contributed by atoms with E-state index < -0.39 is 28.5 Å². The average molecular weight is 564 g/mol. The molecule has 0 bridgehead atoms. The van der Waals surface area contributed by atoms with Gasteiger partial charge in [-0.05, 0) is 49.9 Å². The summed E-state index contributed by atoms with van der Waals surface area (Å²) in [7, 11) is -3.86. The number of carbonyl (C=O) groups is 2. The number of anilines is 1. The Hall–Kier alpha value is -2.78. The van der Waals surface area contributed by atoms with Crippen LogP contribution < -0.4 is 14.4 Å². The van der Waals surface area contributed by atoms with Crippen molar-refractivity contribution in [2.24, 2.45) is 0 Å². The summed E-state index contributed by atoms with van der Waals surface area (Å²) in [5.41, 5.74) is 0.939. The summed E-state index contributed by atoms with van der Waals surface area (Å²) in [4.78, 5) is 28.8. The maximum absolute atomic E-state index is 13.9. The fourth-order valence-electron chi connectivity index (χ4n) is 4.81. The monoisotopic (exact) mass is 563 g/mol. The molecule has 208 valence electrons. The van der Waals surface area contributed by atoms with E-state index in [9.17, 15) is 18.0 Å². The van der Waals surface area contributed by atoms with Gasteiger partial charge in [0.2, 0.25) is 21.8 Å².